The van der Waals surface area contributed by atoms with Crippen molar-refractivity contribution in [1.82, 2.24) is 5.32 Å². The number of ether oxygens (including phenoxy) is 4. The van der Waals surface area contributed by atoms with Gasteiger partial charge in [0.2, 0.25) is 5.91 Å². The van der Waals surface area contributed by atoms with Crippen molar-refractivity contribution in [2.24, 2.45) is 0 Å². The second kappa shape index (κ2) is 7.01. The van der Waals surface area contributed by atoms with Gasteiger partial charge in [-0.1, -0.05) is 0 Å². The van der Waals surface area contributed by atoms with Crippen LogP contribution in [0.2, 0.25) is 0 Å². The molecule has 5 atom stereocenters. The maximum absolute atomic E-state index is 11.2. The molecule has 1 saturated heterocycles. The summed E-state index contributed by atoms with van der Waals surface area (Å²) in [5.41, 5.74) is 0. The minimum Gasteiger partial charge on any atom is -0.388 e. The summed E-state index contributed by atoms with van der Waals surface area (Å²) in [6.07, 6.45) is -2.77. The van der Waals surface area contributed by atoms with Gasteiger partial charge in [-0.05, 0) is 0 Å². The molecule has 2 N–H and O–H groups in total. The lowest BCUT2D eigenvalue weighted by molar-refractivity contribution is -0.267. The molecule has 1 fully saturated rings. The Morgan fingerprint density at radius 2 is 2.00 bits per heavy atom. The first kappa shape index (κ1) is 15.3. The second-order valence-corrected chi connectivity index (χ2v) is 4.15. The van der Waals surface area contributed by atoms with E-state index in [2.05, 4.69) is 5.32 Å². The number of carbonyl (C=O) groups is 1. The molecule has 0 aromatic carbocycles. The molecule has 7 nitrogen and oxygen atoms in total. The van der Waals surface area contributed by atoms with Gasteiger partial charge in [-0.2, -0.15) is 0 Å². The molecule has 0 saturated carbocycles. The van der Waals surface area contributed by atoms with Crippen LogP contribution in [0, 0.1) is 0 Å². The zero-order valence-electron chi connectivity index (χ0n) is 11.1. The van der Waals surface area contributed by atoms with E-state index in [1.165, 1.54) is 28.3 Å². The van der Waals surface area contributed by atoms with Gasteiger partial charge in [-0.3, -0.25) is 4.79 Å². The van der Waals surface area contributed by atoms with Crippen LogP contribution in [0.25, 0.3) is 0 Å². The molecule has 0 aromatic heterocycles. The maximum atomic E-state index is 11.2. The van der Waals surface area contributed by atoms with Gasteiger partial charge in [0, 0.05) is 28.3 Å². The van der Waals surface area contributed by atoms with Gasteiger partial charge < -0.3 is 29.4 Å². The molecule has 0 aromatic rings. The van der Waals surface area contributed by atoms with Crippen LogP contribution in [0.4, 0.5) is 0 Å². The Hall–Kier alpha value is -0.730. The molecule has 1 aliphatic rings. The Balaban J connectivity index is 2.84. The molecule has 1 aliphatic heterocycles. The highest BCUT2D eigenvalue weighted by molar-refractivity contribution is 5.73. The second-order valence-electron chi connectivity index (χ2n) is 4.15. The average molecular weight is 263 g/mol. The van der Waals surface area contributed by atoms with Crippen LogP contribution in [0.3, 0.4) is 0 Å². The van der Waals surface area contributed by atoms with Crippen molar-refractivity contribution >= 4 is 5.91 Å². The van der Waals surface area contributed by atoms with E-state index in [9.17, 15) is 9.90 Å². The number of aliphatic hydroxyl groups is 1. The van der Waals surface area contributed by atoms with Crippen molar-refractivity contribution in [1.29, 1.82) is 0 Å². The summed E-state index contributed by atoms with van der Waals surface area (Å²) in [7, 11) is 4.44. The summed E-state index contributed by atoms with van der Waals surface area (Å²) in [6.45, 7) is 1.60. The standard InChI is InChI=1S/C11H21NO6/c1-6(13)12-8-10(16-3)9(14)7(5-15-2)18-11(8)17-4/h7-11,14H,5H2,1-4H3,(H,12,13)/t7-,8+,9+,10-,11-/m0/s1. The molecule has 7 heteroatoms. The van der Waals surface area contributed by atoms with E-state index in [-0.39, 0.29) is 12.5 Å². The van der Waals surface area contributed by atoms with Crippen LogP contribution in [0.1, 0.15) is 6.92 Å². The molecule has 0 bridgehead atoms. The fourth-order valence-corrected chi connectivity index (χ4v) is 2.09. The van der Waals surface area contributed by atoms with Crippen LogP contribution in [0.5, 0.6) is 0 Å². The molecular formula is C11H21NO6. The van der Waals surface area contributed by atoms with Gasteiger partial charge in [0.25, 0.3) is 0 Å². The third-order valence-electron chi connectivity index (χ3n) is 2.88. The Bertz CT molecular complexity index is 274. The number of methoxy groups -OCH3 is 3. The smallest absolute Gasteiger partial charge is 0.217 e. The van der Waals surface area contributed by atoms with Crippen LogP contribution in [-0.2, 0) is 23.7 Å². The van der Waals surface area contributed by atoms with Crippen LogP contribution >= 0.6 is 0 Å². The molecular weight excluding hydrogens is 242 g/mol. The van der Waals surface area contributed by atoms with E-state index >= 15 is 0 Å². The largest absolute Gasteiger partial charge is 0.388 e. The van der Waals surface area contributed by atoms with Crippen molar-refractivity contribution < 1.29 is 28.8 Å². The predicted molar refractivity (Wildman–Crippen MR) is 62.0 cm³/mol. The van der Waals surface area contributed by atoms with Crippen LogP contribution in [-0.4, -0.2) is 69.6 Å². The number of hydrogen-bond donors (Lipinski definition) is 2. The Morgan fingerprint density at radius 3 is 2.44 bits per heavy atom. The highest BCUT2D eigenvalue weighted by Gasteiger charge is 2.46. The summed E-state index contributed by atoms with van der Waals surface area (Å²) < 4.78 is 20.9. The molecule has 1 amide bonds. The van der Waals surface area contributed by atoms with E-state index in [0.717, 1.165) is 0 Å². The van der Waals surface area contributed by atoms with E-state index < -0.39 is 30.6 Å². The highest BCUT2D eigenvalue weighted by Crippen LogP contribution is 2.24. The van der Waals surface area contributed by atoms with Gasteiger partial charge >= 0.3 is 0 Å². The van der Waals surface area contributed by atoms with Gasteiger partial charge in [-0.25, -0.2) is 0 Å². The summed E-state index contributed by atoms with van der Waals surface area (Å²) in [4.78, 5) is 11.2. The zero-order valence-corrected chi connectivity index (χ0v) is 11.1. The van der Waals surface area contributed by atoms with Gasteiger partial charge in [0.15, 0.2) is 6.29 Å². The molecule has 0 unspecified atom stereocenters. The first-order chi connectivity index (χ1) is 8.54. The average Bonchev–Trinajstić information content (AvgIpc) is 2.32. The first-order valence-electron chi connectivity index (χ1n) is 5.70. The molecule has 1 heterocycles. The monoisotopic (exact) mass is 263 g/mol. The summed E-state index contributed by atoms with van der Waals surface area (Å²) >= 11 is 0. The highest BCUT2D eigenvalue weighted by atomic mass is 16.7. The topological polar surface area (TPSA) is 86.2 Å². The molecule has 106 valence electrons. The van der Waals surface area contributed by atoms with Crippen LogP contribution < -0.4 is 5.32 Å². The molecule has 0 radical (unpaired) electrons. The lowest BCUT2D eigenvalue weighted by Crippen LogP contribution is -2.65. The lowest BCUT2D eigenvalue weighted by Gasteiger charge is -2.43. The van der Waals surface area contributed by atoms with Gasteiger partial charge in [0.1, 0.15) is 24.4 Å². The van der Waals surface area contributed by atoms with Crippen molar-refractivity contribution in [3.8, 4) is 0 Å². The first-order valence-corrected chi connectivity index (χ1v) is 5.70. The number of aliphatic hydroxyl groups excluding tert-OH is 1. The number of amides is 1. The number of rotatable bonds is 5. The van der Waals surface area contributed by atoms with Crippen molar-refractivity contribution in [3.63, 3.8) is 0 Å². The zero-order chi connectivity index (χ0) is 13.7. The van der Waals surface area contributed by atoms with E-state index in [1.54, 1.807) is 0 Å². The van der Waals surface area contributed by atoms with Gasteiger partial charge in [-0.15, -0.1) is 0 Å². The van der Waals surface area contributed by atoms with Crippen molar-refractivity contribution in [3.05, 3.63) is 0 Å². The molecule has 0 spiro atoms. The van der Waals surface area contributed by atoms with Crippen molar-refractivity contribution in [2.45, 2.75) is 37.6 Å². The summed E-state index contributed by atoms with van der Waals surface area (Å²) in [6, 6.07) is -0.569. The SMILES string of the molecule is COC[C@@H]1O[C@H](OC)[C@H](NC(C)=O)[C@H](OC)[C@@H]1O. The minimum atomic E-state index is -0.904. The Morgan fingerprint density at radius 1 is 1.33 bits per heavy atom. The minimum absolute atomic E-state index is 0.216. The van der Waals surface area contributed by atoms with E-state index in [1.807, 2.05) is 0 Å². The van der Waals surface area contributed by atoms with Crippen LogP contribution in [0.15, 0.2) is 0 Å². The van der Waals surface area contributed by atoms with Gasteiger partial charge in [0.05, 0.1) is 6.61 Å². The van der Waals surface area contributed by atoms with E-state index in [0.29, 0.717) is 0 Å². The Kier molecular flexibility index (Phi) is 5.97. The van der Waals surface area contributed by atoms with Crippen molar-refractivity contribution in [2.75, 3.05) is 27.9 Å². The lowest BCUT2D eigenvalue weighted by atomic mass is 9.96. The Labute approximate surface area is 106 Å². The summed E-state index contributed by atoms with van der Waals surface area (Å²) in [5, 5.41) is 12.8. The molecule has 18 heavy (non-hydrogen) atoms. The van der Waals surface area contributed by atoms with E-state index in [4.69, 9.17) is 18.9 Å². The fourth-order valence-electron chi connectivity index (χ4n) is 2.09. The third kappa shape index (κ3) is 3.39. The number of nitrogens with one attached hydrogen (secondary N) is 1. The quantitative estimate of drug-likeness (QED) is 0.654. The fraction of sp³-hybridized carbons (Fsp3) is 0.909. The molecule has 0 aliphatic carbocycles. The maximum Gasteiger partial charge on any atom is 0.217 e. The summed E-state index contributed by atoms with van der Waals surface area (Å²) in [5.74, 6) is -0.245. The number of hydrogen-bond acceptors (Lipinski definition) is 6. The molecule has 1 rings (SSSR count). The normalized spacial score (nSPS) is 36.4. The predicted octanol–water partition coefficient (Wildman–Crippen LogP) is -1.12. The number of carbonyl (C=O) groups excluding carboxylic acids is 1. The third-order valence-corrected chi connectivity index (χ3v) is 2.88.